The molecule has 1 unspecified atom stereocenters. The van der Waals surface area contributed by atoms with Gasteiger partial charge in [0.05, 0.1) is 0 Å². The molecule has 0 radical (unpaired) electrons. The average Bonchev–Trinajstić information content (AvgIpc) is 2.85. The molecule has 19 heavy (non-hydrogen) atoms. The van der Waals surface area contributed by atoms with Crippen LogP contribution in [0.5, 0.6) is 0 Å². The molecule has 2 N–H and O–H groups in total. The van der Waals surface area contributed by atoms with Crippen LogP contribution in [-0.2, 0) is 11.3 Å². The summed E-state index contributed by atoms with van der Waals surface area (Å²) in [4.78, 5) is 10.5. The van der Waals surface area contributed by atoms with Crippen molar-refractivity contribution in [3.63, 3.8) is 0 Å². The van der Waals surface area contributed by atoms with Crippen molar-refractivity contribution in [3.05, 3.63) is 35.6 Å². The van der Waals surface area contributed by atoms with Crippen molar-refractivity contribution in [3.8, 4) is 11.4 Å². The van der Waals surface area contributed by atoms with E-state index in [-0.39, 0.29) is 6.42 Å². The van der Waals surface area contributed by atoms with Crippen molar-refractivity contribution in [1.29, 1.82) is 0 Å². The molecule has 0 saturated carbocycles. The zero-order chi connectivity index (χ0) is 13.8. The Hall–Kier alpha value is -1.92. The summed E-state index contributed by atoms with van der Waals surface area (Å²) in [6.45, 7) is 0.318. The summed E-state index contributed by atoms with van der Waals surface area (Å²) in [6, 6.07) is 7.08. The van der Waals surface area contributed by atoms with Gasteiger partial charge in [0, 0.05) is 23.6 Å². The van der Waals surface area contributed by atoms with Gasteiger partial charge < -0.3 is 14.8 Å². The highest BCUT2D eigenvalue weighted by atomic mass is 35.5. The lowest BCUT2D eigenvalue weighted by atomic mass is 10.2. The summed E-state index contributed by atoms with van der Waals surface area (Å²) in [7, 11) is 0. The van der Waals surface area contributed by atoms with Crippen LogP contribution in [0.2, 0.25) is 5.02 Å². The van der Waals surface area contributed by atoms with Crippen molar-refractivity contribution in [2.75, 3.05) is 0 Å². The first-order valence-electron chi connectivity index (χ1n) is 5.62. The van der Waals surface area contributed by atoms with Crippen LogP contribution in [-0.4, -0.2) is 37.1 Å². The lowest BCUT2D eigenvalue weighted by Gasteiger charge is -2.08. The van der Waals surface area contributed by atoms with Gasteiger partial charge in [-0.25, -0.2) is 4.79 Å². The van der Waals surface area contributed by atoms with E-state index in [1.165, 1.54) is 6.33 Å². The average molecular weight is 282 g/mol. The molecule has 1 aromatic carbocycles. The van der Waals surface area contributed by atoms with Gasteiger partial charge >= 0.3 is 5.97 Å². The van der Waals surface area contributed by atoms with Crippen LogP contribution in [0, 0.1) is 0 Å². The van der Waals surface area contributed by atoms with Gasteiger partial charge in [-0.2, -0.15) is 0 Å². The number of nitrogens with zero attached hydrogens (tertiary/aromatic N) is 3. The summed E-state index contributed by atoms with van der Waals surface area (Å²) >= 11 is 5.81. The predicted octanol–water partition coefficient (Wildman–Crippen LogP) is 1.43. The minimum Gasteiger partial charge on any atom is -0.479 e. The molecule has 1 atom stereocenters. The number of aliphatic hydroxyl groups is 1. The van der Waals surface area contributed by atoms with Crippen molar-refractivity contribution in [2.45, 2.75) is 19.1 Å². The van der Waals surface area contributed by atoms with E-state index in [1.807, 2.05) is 0 Å². The fourth-order valence-electron chi connectivity index (χ4n) is 1.63. The molecule has 6 nitrogen and oxygen atoms in total. The van der Waals surface area contributed by atoms with Gasteiger partial charge in [0.1, 0.15) is 6.33 Å². The van der Waals surface area contributed by atoms with Gasteiger partial charge in [-0.3, -0.25) is 0 Å². The van der Waals surface area contributed by atoms with Crippen molar-refractivity contribution < 1.29 is 15.0 Å². The quantitative estimate of drug-likeness (QED) is 0.866. The first-order valence-corrected chi connectivity index (χ1v) is 6.00. The number of aliphatic hydroxyl groups excluding tert-OH is 1. The Kier molecular flexibility index (Phi) is 4.13. The van der Waals surface area contributed by atoms with E-state index in [0.717, 1.165) is 5.56 Å². The monoisotopic (exact) mass is 281 g/mol. The van der Waals surface area contributed by atoms with E-state index in [0.29, 0.717) is 17.4 Å². The first kappa shape index (κ1) is 13.5. The third-order valence-electron chi connectivity index (χ3n) is 2.65. The molecule has 0 aliphatic carbocycles. The van der Waals surface area contributed by atoms with Crippen LogP contribution in [0.3, 0.4) is 0 Å². The summed E-state index contributed by atoms with van der Waals surface area (Å²) in [5.41, 5.74) is 0.826. The molecule has 0 saturated heterocycles. The van der Waals surface area contributed by atoms with Gasteiger partial charge in [-0.1, -0.05) is 11.6 Å². The topological polar surface area (TPSA) is 88.2 Å². The molecule has 2 rings (SSSR count). The van der Waals surface area contributed by atoms with Crippen molar-refractivity contribution >= 4 is 17.6 Å². The van der Waals surface area contributed by atoms with E-state index in [9.17, 15) is 9.90 Å². The molecular weight excluding hydrogens is 270 g/mol. The molecule has 0 amide bonds. The largest absolute Gasteiger partial charge is 0.479 e. The summed E-state index contributed by atoms with van der Waals surface area (Å²) in [6.07, 6.45) is 0.201. The Labute approximate surface area is 114 Å². The van der Waals surface area contributed by atoms with Crippen LogP contribution in [0.4, 0.5) is 0 Å². The normalized spacial score (nSPS) is 12.3. The van der Waals surface area contributed by atoms with Gasteiger partial charge in [0.25, 0.3) is 0 Å². The number of carbonyl (C=O) groups is 1. The number of aryl methyl sites for hydroxylation is 1. The minimum absolute atomic E-state index is 0.0912. The maximum Gasteiger partial charge on any atom is 0.332 e. The van der Waals surface area contributed by atoms with Gasteiger partial charge in [0.15, 0.2) is 11.9 Å². The predicted molar refractivity (Wildman–Crippen MR) is 68.7 cm³/mol. The highest BCUT2D eigenvalue weighted by Crippen LogP contribution is 2.19. The summed E-state index contributed by atoms with van der Waals surface area (Å²) in [5.74, 6) is -0.629. The van der Waals surface area contributed by atoms with E-state index >= 15 is 0 Å². The maximum absolute atomic E-state index is 10.5. The third kappa shape index (κ3) is 3.30. The summed E-state index contributed by atoms with van der Waals surface area (Å²) < 4.78 is 1.69. The Morgan fingerprint density at radius 1 is 1.37 bits per heavy atom. The lowest BCUT2D eigenvalue weighted by Crippen LogP contribution is -2.21. The number of benzene rings is 1. The molecule has 0 spiro atoms. The first-order chi connectivity index (χ1) is 9.08. The number of rotatable bonds is 5. The number of hydrogen-bond donors (Lipinski definition) is 2. The van der Waals surface area contributed by atoms with Crippen LogP contribution < -0.4 is 0 Å². The second-order valence-corrected chi connectivity index (χ2v) is 4.43. The summed E-state index contributed by atoms with van der Waals surface area (Å²) in [5, 5.41) is 26.3. The molecule has 0 aliphatic rings. The number of aromatic nitrogens is 3. The third-order valence-corrected chi connectivity index (χ3v) is 2.90. The minimum atomic E-state index is -1.39. The SMILES string of the molecule is O=C(O)C(O)CCn1cnnc1-c1ccc(Cl)cc1. The second kappa shape index (κ2) is 5.81. The molecule has 7 heteroatoms. The number of aliphatic carboxylic acids is 1. The van der Waals surface area contributed by atoms with E-state index in [1.54, 1.807) is 28.8 Å². The highest BCUT2D eigenvalue weighted by molar-refractivity contribution is 6.30. The van der Waals surface area contributed by atoms with Crippen molar-refractivity contribution in [2.24, 2.45) is 0 Å². The van der Waals surface area contributed by atoms with Crippen LogP contribution in [0.25, 0.3) is 11.4 Å². The van der Waals surface area contributed by atoms with Gasteiger partial charge in [-0.15, -0.1) is 10.2 Å². The number of carboxylic acid groups (broad SMARTS) is 1. The molecular formula is C12H12ClN3O3. The fourth-order valence-corrected chi connectivity index (χ4v) is 1.75. The van der Waals surface area contributed by atoms with Crippen LogP contribution in [0.1, 0.15) is 6.42 Å². The van der Waals surface area contributed by atoms with Crippen molar-refractivity contribution in [1.82, 2.24) is 14.8 Å². The van der Waals surface area contributed by atoms with E-state index < -0.39 is 12.1 Å². The molecule has 2 aromatic rings. The van der Waals surface area contributed by atoms with E-state index in [2.05, 4.69) is 10.2 Å². The molecule has 1 heterocycles. The Morgan fingerprint density at radius 2 is 2.05 bits per heavy atom. The lowest BCUT2D eigenvalue weighted by molar-refractivity contribution is -0.147. The molecule has 0 fully saturated rings. The fraction of sp³-hybridized carbons (Fsp3) is 0.250. The standard InChI is InChI=1S/C12H12ClN3O3/c13-9-3-1-8(2-4-9)11-15-14-7-16(11)6-5-10(17)12(18)19/h1-4,7,10,17H,5-6H2,(H,18,19). The Morgan fingerprint density at radius 3 is 2.68 bits per heavy atom. The number of hydrogen-bond acceptors (Lipinski definition) is 4. The number of halogens is 1. The Bertz CT molecular complexity index is 568. The van der Waals surface area contributed by atoms with E-state index in [4.69, 9.17) is 16.7 Å². The zero-order valence-electron chi connectivity index (χ0n) is 9.90. The van der Waals surface area contributed by atoms with Crippen LogP contribution in [0.15, 0.2) is 30.6 Å². The zero-order valence-corrected chi connectivity index (χ0v) is 10.7. The second-order valence-electron chi connectivity index (χ2n) is 4.00. The highest BCUT2D eigenvalue weighted by Gasteiger charge is 2.14. The molecule has 0 bridgehead atoms. The van der Waals surface area contributed by atoms with Crippen LogP contribution >= 0.6 is 11.6 Å². The molecule has 0 aliphatic heterocycles. The molecule has 1 aromatic heterocycles. The smallest absolute Gasteiger partial charge is 0.332 e. The number of carboxylic acids is 1. The molecule has 100 valence electrons. The van der Waals surface area contributed by atoms with Gasteiger partial charge in [0.2, 0.25) is 0 Å². The maximum atomic E-state index is 10.5. The Balaban J connectivity index is 2.14. The van der Waals surface area contributed by atoms with Gasteiger partial charge in [-0.05, 0) is 24.3 Å².